The van der Waals surface area contributed by atoms with Crippen molar-refractivity contribution < 1.29 is 22.7 Å². The summed E-state index contributed by atoms with van der Waals surface area (Å²) in [5.74, 6) is -0.943. The van der Waals surface area contributed by atoms with E-state index in [1.807, 2.05) is 0 Å². The Hall–Kier alpha value is -3.49. The van der Waals surface area contributed by atoms with Crippen LogP contribution in [-0.2, 0) is 21.3 Å². The zero-order valence-corrected chi connectivity index (χ0v) is 17.9. The zero-order valence-electron chi connectivity index (χ0n) is 17.1. The molecule has 0 bridgehead atoms. The molecule has 0 heterocycles. The van der Waals surface area contributed by atoms with E-state index >= 15 is 0 Å². The molecule has 0 radical (unpaired) electrons. The van der Waals surface area contributed by atoms with Crippen molar-refractivity contribution in [1.29, 1.82) is 0 Å². The van der Waals surface area contributed by atoms with Crippen molar-refractivity contribution in [2.75, 3.05) is 19.5 Å². The molecule has 7 nitrogen and oxygen atoms in total. The van der Waals surface area contributed by atoms with Crippen molar-refractivity contribution in [2.45, 2.75) is 11.4 Å². The number of methoxy groups -OCH3 is 1. The number of nitrogens with zero attached hydrogens (tertiary/aromatic N) is 1. The normalized spacial score (nSPS) is 11.2. The lowest BCUT2D eigenvalue weighted by Gasteiger charge is -2.17. The summed E-state index contributed by atoms with van der Waals surface area (Å²) in [5, 5.41) is 2.70. The van der Waals surface area contributed by atoms with Crippen LogP contribution >= 0.6 is 0 Å². The van der Waals surface area contributed by atoms with Crippen molar-refractivity contribution in [2.24, 2.45) is 0 Å². The van der Waals surface area contributed by atoms with Gasteiger partial charge in [0.1, 0.15) is 0 Å². The smallest absolute Gasteiger partial charge is 0.339 e. The van der Waals surface area contributed by atoms with Gasteiger partial charge in [-0.2, -0.15) is 4.31 Å². The molecular formula is C23H22N2O5S. The number of carbonyl (C=O) groups is 2. The summed E-state index contributed by atoms with van der Waals surface area (Å²) in [6, 6.07) is 21.3. The van der Waals surface area contributed by atoms with Crippen LogP contribution in [-0.4, -0.2) is 38.8 Å². The summed E-state index contributed by atoms with van der Waals surface area (Å²) in [6.45, 7) is 0.157. The first-order valence-electron chi connectivity index (χ1n) is 9.42. The number of sulfonamides is 1. The molecule has 0 atom stereocenters. The molecule has 0 spiro atoms. The van der Waals surface area contributed by atoms with E-state index in [1.165, 1.54) is 18.5 Å². The molecule has 31 heavy (non-hydrogen) atoms. The molecule has 0 aliphatic rings. The van der Waals surface area contributed by atoms with Crippen molar-refractivity contribution in [3.05, 3.63) is 95.6 Å². The molecule has 0 aliphatic carbocycles. The lowest BCUT2D eigenvalue weighted by atomic mass is 10.1. The number of rotatable bonds is 7. The van der Waals surface area contributed by atoms with Gasteiger partial charge in [-0.3, -0.25) is 4.79 Å². The van der Waals surface area contributed by atoms with Gasteiger partial charge in [0.15, 0.2) is 0 Å². The van der Waals surface area contributed by atoms with E-state index in [0.717, 1.165) is 5.56 Å². The Morgan fingerprint density at radius 2 is 1.52 bits per heavy atom. The fraction of sp³-hybridized carbons (Fsp3) is 0.130. The van der Waals surface area contributed by atoms with E-state index in [1.54, 1.807) is 78.9 Å². The third kappa shape index (κ3) is 5.17. The van der Waals surface area contributed by atoms with E-state index in [0.29, 0.717) is 11.3 Å². The Morgan fingerprint density at radius 1 is 0.903 bits per heavy atom. The van der Waals surface area contributed by atoms with Crippen LogP contribution in [0.4, 0.5) is 5.69 Å². The Kier molecular flexibility index (Phi) is 6.84. The Balaban J connectivity index is 1.71. The lowest BCUT2D eigenvalue weighted by Crippen LogP contribution is -2.26. The molecule has 0 unspecified atom stereocenters. The molecule has 3 rings (SSSR count). The van der Waals surface area contributed by atoms with E-state index in [2.05, 4.69) is 5.32 Å². The minimum atomic E-state index is -3.61. The second-order valence-electron chi connectivity index (χ2n) is 6.76. The number of anilines is 1. The number of amides is 1. The van der Waals surface area contributed by atoms with Gasteiger partial charge in [-0.25, -0.2) is 13.2 Å². The summed E-state index contributed by atoms with van der Waals surface area (Å²) >= 11 is 0. The summed E-state index contributed by atoms with van der Waals surface area (Å²) in [6.07, 6.45) is 0. The number of para-hydroxylation sites is 1. The molecule has 160 valence electrons. The van der Waals surface area contributed by atoms with Crippen LogP contribution < -0.4 is 5.32 Å². The molecular weight excluding hydrogens is 416 g/mol. The molecule has 1 amide bonds. The molecule has 0 saturated heterocycles. The summed E-state index contributed by atoms with van der Waals surface area (Å²) in [7, 11) is -0.830. The summed E-state index contributed by atoms with van der Waals surface area (Å²) in [5.41, 5.74) is 1.70. The van der Waals surface area contributed by atoms with Crippen molar-refractivity contribution in [3.8, 4) is 0 Å². The van der Waals surface area contributed by atoms with Crippen molar-refractivity contribution in [3.63, 3.8) is 0 Å². The molecule has 3 aromatic carbocycles. The first-order valence-corrected chi connectivity index (χ1v) is 10.9. The highest BCUT2D eigenvalue weighted by atomic mass is 32.2. The molecule has 0 saturated carbocycles. The van der Waals surface area contributed by atoms with Gasteiger partial charge in [-0.15, -0.1) is 0 Å². The van der Waals surface area contributed by atoms with Crippen LogP contribution in [0.15, 0.2) is 83.8 Å². The highest BCUT2D eigenvalue weighted by Crippen LogP contribution is 2.19. The van der Waals surface area contributed by atoms with Crippen molar-refractivity contribution >= 4 is 27.6 Å². The minimum Gasteiger partial charge on any atom is -0.465 e. The Bertz CT molecular complexity index is 1180. The predicted octanol–water partition coefficient (Wildman–Crippen LogP) is 3.55. The molecule has 8 heteroatoms. The van der Waals surface area contributed by atoms with Crippen LogP contribution in [0.2, 0.25) is 0 Å². The van der Waals surface area contributed by atoms with E-state index in [4.69, 9.17) is 4.74 Å². The first-order chi connectivity index (χ1) is 14.8. The Labute approximate surface area is 181 Å². The number of esters is 1. The molecule has 1 N–H and O–H groups in total. The van der Waals surface area contributed by atoms with Crippen LogP contribution in [0.1, 0.15) is 26.3 Å². The van der Waals surface area contributed by atoms with Gasteiger partial charge in [0.25, 0.3) is 5.91 Å². The second-order valence-corrected chi connectivity index (χ2v) is 8.81. The molecule has 3 aromatic rings. The monoisotopic (exact) mass is 438 g/mol. The fourth-order valence-corrected chi connectivity index (χ4v) is 4.13. The third-order valence-corrected chi connectivity index (χ3v) is 6.47. The highest BCUT2D eigenvalue weighted by molar-refractivity contribution is 7.89. The lowest BCUT2D eigenvalue weighted by molar-refractivity contribution is 0.0602. The molecule has 0 aromatic heterocycles. The number of nitrogens with one attached hydrogen (secondary N) is 1. The maximum Gasteiger partial charge on any atom is 0.339 e. The maximum atomic E-state index is 12.7. The van der Waals surface area contributed by atoms with Gasteiger partial charge < -0.3 is 10.1 Å². The minimum absolute atomic E-state index is 0.157. The van der Waals surface area contributed by atoms with E-state index in [-0.39, 0.29) is 17.0 Å². The van der Waals surface area contributed by atoms with Gasteiger partial charge in [0.2, 0.25) is 10.0 Å². The average Bonchev–Trinajstić information content (AvgIpc) is 2.80. The average molecular weight is 439 g/mol. The number of carbonyl (C=O) groups excluding carboxylic acids is 2. The van der Waals surface area contributed by atoms with Gasteiger partial charge in [0, 0.05) is 19.2 Å². The van der Waals surface area contributed by atoms with Crippen LogP contribution in [0.25, 0.3) is 0 Å². The first kappa shape index (κ1) is 22.2. The van der Waals surface area contributed by atoms with Crippen LogP contribution in [0.3, 0.4) is 0 Å². The quantitative estimate of drug-likeness (QED) is 0.570. The largest absolute Gasteiger partial charge is 0.465 e. The summed E-state index contributed by atoms with van der Waals surface area (Å²) in [4.78, 5) is 24.7. The Morgan fingerprint density at radius 3 is 2.16 bits per heavy atom. The predicted molar refractivity (Wildman–Crippen MR) is 117 cm³/mol. The van der Waals surface area contributed by atoms with Crippen LogP contribution in [0, 0.1) is 0 Å². The topological polar surface area (TPSA) is 92.8 Å². The van der Waals surface area contributed by atoms with Gasteiger partial charge in [-0.1, -0.05) is 42.5 Å². The van der Waals surface area contributed by atoms with Crippen LogP contribution in [0.5, 0.6) is 0 Å². The molecule has 0 aliphatic heterocycles. The summed E-state index contributed by atoms with van der Waals surface area (Å²) < 4.78 is 31.3. The highest BCUT2D eigenvalue weighted by Gasteiger charge is 2.20. The van der Waals surface area contributed by atoms with E-state index in [9.17, 15) is 18.0 Å². The third-order valence-electron chi connectivity index (χ3n) is 4.65. The zero-order chi connectivity index (χ0) is 22.4. The van der Waals surface area contributed by atoms with Gasteiger partial charge in [0.05, 0.1) is 23.3 Å². The second kappa shape index (κ2) is 9.55. The number of hydrogen-bond donors (Lipinski definition) is 1. The van der Waals surface area contributed by atoms with Gasteiger partial charge in [-0.05, 0) is 42.0 Å². The standard InChI is InChI=1S/C23H22N2O5S/c1-25(31(28,29)19-8-4-3-5-9-19)16-17-12-14-18(15-13-17)22(26)24-21-11-7-6-10-20(21)23(27)30-2/h3-15H,16H2,1-2H3,(H,24,26). The molecule has 0 fully saturated rings. The SMILES string of the molecule is COC(=O)c1ccccc1NC(=O)c1ccc(CN(C)S(=O)(=O)c2ccccc2)cc1. The number of hydrogen-bond acceptors (Lipinski definition) is 5. The fourth-order valence-electron chi connectivity index (χ4n) is 2.95. The van der Waals surface area contributed by atoms with Crippen molar-refractivity contribution in [1.82, 2.24) is 4.31 Å². The maximum absolute atomic E-state index is 12.7. The number of benzene rings is 3. The van der Waals surface area contributed by atoms with E-state index < -0.39 is 21.9 Å². The van der Waals surface area contributed by atoms with Gasteiger partial charge >= 0.3 is 5.97 Å². The number of ether oxygens (including phenoxy) is 1.